The molecule has 2 aromatic rings. The zero-order chi connectivity index (χ0) is 13.4. The number of aryl methyl sites for hydroxylation is 3. The normalized spacial score (nSPS) is 13.8. The minimum atomic E-state index is -0.0203. The number of hydrogen-bond donors (Lipinski definition) is 0. The summed E-state index contributed by atoms with van der Waals surface area (Å²) in [5, 5.41) is 0. The Labute approximate surface area is 112 Å². The van der Waals surface area contributed by atoms with Crippen molar-refractivity contribution in [2.24, 2.45) is 0 Å². The molecule has 98 valence electrons. The van der Waals surface area contributed by atoms with E-state index < -0.39 is 0 Å². The topological polar surface area (TPSA) is 39.4 Å². The Kier molecular flexibility index (Phi) is 2.90. The first kappa shape index (κ1) is 12.0. The van der Waals surface area contributed by atoms with Crippen LogP contribution >= 0.6 is 0 Å². The third-order valence-corrected chi connectivity index (χ3v) is 3.46. The molecule has 3 heteroatoms. The van der Waals surface area contributed by atoms with Gasteiger partial charge in [-0.25, -0.2) is 0 Å². The number of fused-ring (bicyclic) bond motifs is 1. The summed E-state index contributed by atoms with van der Waals surface area (Å²) in [4.78, 5) is 12.6. The Hall–Kier alpha value is -2.03. The highest BCUT2D eigenvalue weighted by atomic mass is 16.5. The fourth-order valence-electron chi connectivity index (χ4n) is 2.57. The summed E-state index contributed by atoms with van der Waals surface area (Å²) in [5.74, 6) is 2.15. The van der Waals surface area contributed by atoms with Crippen molar-refractivity contribution in [3.05, 3.63) is 52.5 Å². The highest BCUT2D eigenvalue weighted by Crippen LogP contribution is 2.31. The molecule has 0 spiro atoms. The first-order chi connectivity index (χ1) is 9.16. The van der Waals surface area contributed by atoms with E-state index in [0.717, 1.165) is 29.9 Å². The number of furan rings is 1. The molecular formula is C16H16O3. The van der Waals surface area contributed by atoms with Gasteiger partial charge in [-0.1, -0.05) is 12.1 Å². The minimum Gasteiger partial charge on any atom is -0.493 e. The van der Waals surface area contributed by atoms with Gasteiger partial charge < -0.3 is 9.15 Å². The van der Waals surface area contributed by atoms with Crippen LogP contribution in [0.3, 0.4) is 0 Å². The van der Waals surface area contributed by atoms with Gasteiger partial charge in [-0.05, 0) is 44.4 Å². The van der Waals surface area contributed by atoms with Crippen LogP contribution in [0, 0.1) is 13.8 Å². The van der Waals surface area contributed by atoms with E-state index in [0.29, 0.717) is 23.5 Å². The molecule has 0 amide bonds. The maximum atomic E-state index is 12.6. The third kappa shape index (κ3) is 2.05. The van der Waals surface area contributed by atoms with E-state index in [1.165, 1.54) is 0 Å². The third-order valence-electron chi connectivity index (χ3n) is 3.46. The molecule has 0 bridgehead atoms. The van der Waals surface area contributed by atoms with Crippen molar-refractivity contribution in [2.45, 2.75) is 26.7 Å². The van der Waals surface area contributed by atoms with E-state index in [4.69, 9.17) is 9.15 Å². The Morgan fingerprint density at radius 1 is 1.21 bits per heavy atom. The lowest BCUT2D eigenvalue weighted by Crippen LogP contribution is -2.13. The molecule has 1 aromatic carbocycles. The lowest BCUT2D eigenvalue weighted by Gasteiger charge is -2.19. The Bertz CT molecular complexity index is 637. The summed E-state index contributed by atoms with van der Waals surface area (Å²) in [6.45, 7) is 4.35. The van der Waals surface area contributed by atoms with Gasteiger partial charge in [0, 0.05) is 0 Å². The average Bonchev–Trinajstić information content (AvgIpc) is 2.76. The van der Waals surface area contributed by atoms with Gasteiger partial charge in [0.1, 0.15) is 17.3 Å². The fraction of sp³-hybridized carbons (Fsp3) is 0.312. The van der Waals surface area contributed by atoms with Gasteiger partial charge in [0.2, 0.25) is 0 Å². The molecule has 0 unspecified atom stereocenters. The maximum Gasteiger partial charge on any atom is 0.200 e. The molecule has 0 aliphatic carbocycles. The van der Waals surface area contributed by atoms with Crippen molar-refractivity contribution in [2.75, 3.05) is 6.61 Å². The first-order valence-corrected chi connectivity index (χ1v) is 6.53. The molecule has 0 fully saturated rings. The molecule has 0 atom stereocenters. The summed E-state index contributed by atoms with van der Waals surface area (Å²) in [6.07, 6.45) is 1.98. The van der Waals surface area contributed by atoms with Crippen LogP contribution in [0.4, 0.5) is 0 Å². The second-order valence-corrected chi connectivity index (χ2v) is 4.90. The van der Waals surface area contributed by atoms with E-state index in [9.17, 15) is 4.79 Å². The summed E-state index contributed by atoms with van der Waals surface area (Å²) >= 11 is 0. The van der Waals surface area contributed by atoms with Crippen molar-refractivity contribution >= 4 is 5.78 Å². The molecule has 0 N–H and O–H groups in total. The first-order valence-electron chi connectivity index (χ1n) is 6.53. The van der Waals surface area contributed by atoms with E-state index in [1.54, 1.807) is 6.07 Å². The van der Waals surface area contributed by atoms with Gasteiger partial charge in [-0.3, -0.25) is 4.79 Å². The van der Waals surface area contributed by atoms with Gasteiger partial charge in [0.15, 0.2) is 5.78 Å². The highest BCUT2D eigenvalue weighted by molar-refractivity contribution is 6.11. The van der Waals surface area contributed by atoms with Gasteiger partial charge in [0.25, 0.3) is 0 Å². The largest absolute Gasteiger partial charge is 0.493 e. The molecular weight excluding hydrogens is 240 g/mol. The average molecular weight is 256 g/mol. The zero-order valence-electron chi connectivity index (χ0n) is 11.2. The summed E-state index contributed by atoms with van der Waals surface area (Å²) in [5.41, 5.74) is 2.39. The van der Waals surface area contributed by atoms with Crippen LogP contribution in [0.2, 0.25) is 0 Å². The monoisotopic (exact) mass is 256 g/mol. The van der Waals surface area contributed by atoms with Crippen LogP contribution in [-0.2, 0) is 6.42 Å². The predicted octanol–water partition coefficient (Wildman–Crippen LogP) is 3.45. The number of hydrogen-bond acceptors (Lipinski definition) is 3. The molecule has 0 saturated heterocycles. The molecule has 1 aliphatic heterocycles. The van der Waals surface area contributed by atoms with Crippen LogP contribution in [0.1, 0.15) is 39.4 Å². The van der Waals surface area contributed by atoms with Gasteiger partial charge >= 0.3 is 0 Å². The molecule has 1 aliphatic rings. The standard InChI is InChI=1S/C16H16O3/c1-10-9-14(11(2)19-10)15(17)13-7-3-5-12-6-4-8-18-16(12)13/h3,5,7,9H,4,6,8H2,1-2H3. The second-order valence-electron chi connectivity index (χ2n) is 4.90. The number of ether oxygens (including phenoxy) is 1. The Balaban J connectivity index is 2.07. The zero-order valence-corrected chi connectivity index (χ0v) is 11.2. The lowest BCUT2D eigenvalue weighted by molar-refractivity contribution is 0.103. The van der Waals surface area contributed by atoms with E-state index in [1.807, 2.05) is 32.0 Å². The molecule has 0 radical (unpaired) electrons. The van der Waals surface area contributed by atoms with Crippen molar-refractivity contribution in [1.82, 2.24) is 0 Å². The van der Waals surface area contributed by atoms with E-state index >= 15 is 0 Å². The van der Waals surface area contributed by atoms with Gasteiger partial charge in [0.05, 0.1) is 17.7 Å². The van der Waals surface area contributed by atoms with Gasteiger partial charge in [-0.2, -0.15) is 0 Å². The molecule has 1 aromatic heterocycles. The minimum absolute atomic E-state index is 0.0203. The molecule has 3 nitrogen and oxygen atoms in total. The van der Waals surface area contributed by atoms with E-state index in [-0.39, 0.29) is 5.78 Å². The maximum absolute atomic E-state index is 12.6. The number of para-hydroxylation sites is 1. The van der Waals surface area contributed by atoms with Gasteiger partial charge in [-0.15, -0.1) is 0 Å². The van der Waals surface area contributed by atoms with Crippen LogP contribution in [0.5, 0.6) is 5.75 Å². The Morgan fingerprint density at radius 2 is 2.05 bits per heavy atom. The SMILES string of the molecule is Cc1cc(C(=O)c2cccc3c2OCCC3)c(C)o1. The number of rotatable bonds is 2. The van der Waals surface area contributed by atoms with Crippen LogP contribution in [0.15, 0.2) is 28.7 Å². The fourth-order valence-corrected chi connectivity index (χ4v) is 2.57. The van der Waals surface area contributed by atoms with Crippen molar-refractivity contribution in [3.8, 4) is 5.75 Å². The molecule has 19 heavy (non-hydrogen) atoms. The summed E-state index contributed by atoms with van der Waals surface area (Å²) in [7, 11) is 0. The smallest absolute Gasteiger partial charge is 0.200 e. The summed E-state index contributed by atoms with van der Waals surface area (Å²) in [6, 6.07) is 7.57. The van der Waals surface area contributed by atoms with E-state index in [2.05, 4.69) is 0 Å². The Morgan fingerprint density at radius 3 is 2.79 bits per heavy atom. The predicted molar refractivity (Wildman–Crippen MR) is 71.9 cm³/mol. The quantitative estimate of drug-likeness (QED) is 0.772. The van der Waals surface area contributed by atoms with Crippen molar-refractivity contribution < 1.29 is 13.9 Å². The summed E-state index contributed by atoms with van der Waals surface area (Å²) < 4.78 is 11.1. The molecule has 2 heterocycles. The number of benzene rings is 1. The van der Waals surface area contributed by atoms with Crippen LogP contribution in [-0.4, -0.2) is 12.4 Å². The lowest BCUT2D eigenvalue weighted by atomic mass is 9.97. The van der Waals surface area contributed by atoms with Crippen LogP contribution in [0.25, 0.3) is 0 Å². The molecule has 0 saturated carbocycles. The van der Waals surface area contributed by atoms with Crippen molar-refractivity contribution in [3.63, 3.8) is 0 Å². The number of ketones is 1. The number of carbonyl (C=O) groups excluding carboxylic acids is 1. The number of carbonyl (C=O) groups is 1. The molecule has 3 rings (SSSR count). The second kappa shape index (κ2) is 4.57. The highest BCUT2D eigenvalue weighted by Gasteiger charge is 2.22. The van der Waals surface area contributed by atoms with Crippen molar-refractivity contribution in [1.29, 1.82) is 0 Å². The van der Waals surface area contributed by atoms with Crippen LogP contribution < -0.4 is 4.74 Å².